The number of hydrogen-bond acceptors (Lipinski definition) is 4. The lowest BCUT2D eigenvalue weighted by Gasteiger charge is -2.09. The molecule has 0 fully saturated rings. The van der Waals surface area contributed by atoms with Crippen molar-refractivity contribution in [1.82, 2.24) is 10.3 Å². The van der Waals surface area contributed by atoms with Crippen molar-refractivity contribution in [2.75, 3.05) is 13.2 Å². The molecule has 3 rings (SSSR count). The van der Waals surface area contributed by atoms with Crippen molar-refractivity contribution in [2.24, 2.45) is 0 Å². The summed E-state index contributed by atoms with van der Waals surface area (Å²) in [4.78, 5) is 16.5. The number of rotatable bonds is 9. The van der Waals surface area contributed by atoms with Crippen LogP contribution in [0.2, 0.25) is 0 Å². The first-order chi connectivity index (χ1) is 13.6. The Morgan fingerprint density at radius 3 is 2.61 bits per heavy atom. The van der Waals surface area contributed by atoms with Crippen LogP contribution >= 0.6 is 11.3 Å². The van der Waals surface area contributed by atoms with Crippen LogP contribution in [-0.4, -0.2) is 24.0 Å². The van der Waals surface area contributed by atoms with Crippen LogP contribution in [0.25, 0.3) is 11.3 Å². The van der Waals surface area contributed by atoms with Gasteiger partial charge < -0.3 is 10.1 Å². The average molecular weight is 395 g/mol. The topological polar surface area (TPSA) is 51.2 Å². The summed E-state index contributed by atoms with van der Waals surface area (Å²) >= 11 is 1.66. The Morgan fingerprint density at radius 1 is 1.11 bits per heavy atom. The van der Waals surface area contributed by atoms with E-state index in [0.29, 0.717) is 26.0 Å². The molecule has 0 saturated heterocycles. The Morgan fingerprint density at radius 2 is 1.89 bits per heavy atom. The molecule has 0 aliphatic rings. The molecule has 1 aromatic heterocycles. The van der Waals surface area contributed by atoms with Crippen LogP contribution in [0.3, 0.4) is 0 Å². The fraction of sp³-hybridized carbons (Fsp3) is 0.304. The molecule has 0 aliphatic heterocycles. The highest BCUT2D eigenvalue weighted by Gasteiger charge is 2.04. The maximum atomic E-state index is 12.0. The summed E-state index contributed by atoms with van der Waals surface area (Å²) in [5.41, 5.74) is 4.47. The Labute approximate surface area is 170 Å². The van der Waals surface area contributed by atoms with E-state index in [1.807, 2.05) is 38.1 Å². The van der Waals surface area contributed by atoms with Gasteiger partial charge in [-0.2, -0.15) is 0 Å². The second kappa shape index (κ2) is 10.0. The average Bonchev–Trinajstić information content (AvgIpc) is 3.13. The van der Waals surface area contributed by atoms with Crippen LogP contribution in [0.4, 0.5) is 0 Å². The number of nitrogens with one attached hydrogen (secondary N) is 1. The van der Waals surface area contributed by atoms with E-state index < -0.39 is 0 Å². The van der Waals surface area contributed by atoms with Crippen molar-refractivity contribution in [2.45, 2.75) is 33.1 Å². The Balaban J connectivity index is 1.33. The largest absolute Gasteiger partial charge is 0.493 e. The fourth-order valence-corrected chi connectivity index (χ4v) is 3.53. The van der Waals surface area contributed by atoms with Gasteiger partial charge in [-0.25, -0.2) is 4.98 Å². The van der Waals surface area contributed by atoms with Crippen LogP contribution in [0.15, 0.2) is 53.9 Å². The van der Waals surface area contributed by atoms with E-state index in [9.17, 15) is 4.79 Å². The third kappa shape index (κ3) is 5.92. The molecule has 0 spiro atoms. The molecule has 2 aromatic carbocycles. The van der Waals surface area contributed by atoms with Crippen molar-refractivity contribution in [3.05, 3.63) is 70.0 Å². The van der Waals surface area contributed by atoms with E-state index >= 15 is 0 Å². The summed E-state index contributed by atoms with van der Waals surface area (Å²) < 4.78 is 5.73. The van der Waals surface area contributed by atoms with Gasteiger partial charge in [0.1, 0.15) is 5.75 Å². The van der Waals surface area contributed by atoms with Crippen molar-refractivity contribution >= 4 is 17.2 Å². The minimum absolute atomic E-state index is 0.0722. The fourth-order valence-electron chi connectivity index (χ4n) is 2.91. The zero-order valence-electron chi connectivity index (χ0n) is 16.4. The molecule has 5 heteroatoms. The minimum atomic E-state index is 0.0722. The van der Waals surface area contributed by atoms with E-state index in [0.717, 1.165) is 34.0 Å². The van der Waals surface area contributed by atoms with Gasteiger partial charge in [-0.1, -0.05) is 42.5 Å². The molecule has 0 bridgehead atoms. The van der Waals surface area contributed by atoms with Gasteiger partial charge in [0.25, 0.3) is 0 Å². The first kappa shape index (κ1) is 20.1. The predicted octanol–water partition coefficient (Wildman–Crippen LogP) is 4.94. The molecule has 3 aromatic rings. The zero-order chi connectivity index (χ0) is 19.8. The summed E-state index contributed by atoms with van der Waals surface area (Å²) in [5.74, 6) is 0.960. The SMILES string of the molecule is Cc1nc(-c2ccc(CCNC(=O)CCCOc3ccccc3C)cc2)cs1. The number of ether oxygens (including phenoxy) is 1. The molecular weight excluding hydrogens is 368 g/mol. The van der Waals surface area contributed by atoms with Crippen molar-refractivity contribution in [1.29, 1.82) is 0 Å². The molecule has 28 heavy (non-hydrogen) atoms. The summed E-state index contributed by atoms with van der Waals surface area (Å²) in [6.07, 6.45) is 2.01. The van der Waals surface area contributed by atoms with Crippen molar-refractivity contribution in [3.8, 4) is 17.0 Å². The highest BCUT2D eigenvalue weighted by atomic mass is 32.1. The Hall–Kier alpha value is -2.66. The second-order valence-corrected chi connectivity index (χ2v) is 7.83. The first-order valence-electron chi connectivity index (χ1n) is 9.58. The summed E-state index contributed by atoms with van der Waals surface area (Å²) in [6.45, 7) is 5.23. The minimum Gasteiger partial charge on any atom is -0.493 e. The van der Waals surface area contributed by atoms with Crippen LogP contribution in [0.1, 0.15) is 29.0 Å². The molecule has 146 valence electrons. The Bertz CT molecular complexity index is 903. The standard InChI is InChI=1S/C23H26N2O2S/c1-17-6-3-4-7-22(17)27-15-5-8-23(26)24-14-13-19-9-11-20(12-10-19)21-16-28-18(2)25-21/h3-4,6-7,9-12,16H,5,8,13-15H2,1-2H3,(H,24,26). The molecule has 0 saturated carbocycles. The third-order valence-corrected chi connectivity index (χ3v) is 5.28. The van der Waals surface area contributed by atoms with Gasteiger partial charge in [-0.05, 0) is 43.9 Å². The van der Waals surface area contributed by atoms with Crippen LogP contribution in [0, 0.1) is 13.8 Å². The molecule has 0 radical (unpaired) electrons. The van der Waals surface area contributed by atoms with Gasteiger partial charge in [0.15, 0.2) is 0 Å². The number of carbonyl (C=O) groups is 1. The molecule has 4 nitrogen and oxygen atoms in total. The number of carbonyl (C=O) groups excluding carboxylic acids is 1. The molecule has 1 N–H and O–H groups in total. The third-order valence-electron chi connectivity index (χ3n) is 4.50. The molecule has 1 heterocycles. The highest BCUT2D eigenvalue weighted by Crippen LogP contribution is 2.22. The smallest absolute Gasteiger partial charge is 0.220 e. The number of aromatic nitrogens is 1. The zero-order valence-corrected chi connectivity index (χ0v) is 17.2. The normalized spacial score (nSPS) is 10.6. The van der Waals surface area contributed by atoms with E-state index in [1.165, 1.54) is 5.56 Å². The van der Waals surface area contributed by atoms with Gasteiger partial charge >= 0.3 is 0 Å². The van der Waals surface area contributed by atoms with Gasteiger partial charge in [0.2, 0.25) is 5.91 Å². The number of para-hydroxylation sites is 1. The lowest BCUT2D eigenvalue weighted by Crippen LogP contribution is -2.25. The van der Waals surface area contributed by atoms with Gasteiger partial charge in [0, 0.05) is 23.9 Å². The van der Waals surface area contributed by atoms with E-state index in [2.05, 4.69) is 39.9 Å². The van der Waals surface area contributed by atoms with E-state index in [1.54, 1.807) is 11.3 Å². The quantitative estimate of drug-likeness (QED) is 0.523. The number of amides is 1. The van der Waals surface area contributed by atoms with Crippen LogP contribution in [-0.2, 0) is 11.2 Å². The van der Waals surface area contributed by atoms with Crippen LogP contribution < -0.4 is 10.1 Å². The number of hydrogen-bond donors (Lipinski definition) is 1. The monoisotopic (exact) mass is 394 g/mol. The molecule has 0 unspecified atom stereocenters. The van der Waals surface area contributed by atoms with E-state index in [-0.39, 0.29) is 5.91 Å². The number of nitrogens with zero attached hydrogens (tertiary/aromatic N) is 1. The van der Waals surface area contributed by atoms with Crippen molar-refractivity contribution < 1.29 is 9.53 Å². The van der Waals surface area contributed by atoms with E-state index in [4.69, 9.17) is 4.74 Å². The summed E-state index contributed by atoms with van der Waals surface area (Å²) in [6, 6.07) is 16.3. The van der Waals surface area contributed by atoms with Gasteiger partial charge in [0.05, 0.1) is 17.3 Å². The lowest BCUT2D eigenvalue weighted by atomic mass is 10.1. The molecular formula is C23H26N2O2S. The van der Waals surface area contributed by atoms with Gasteiger partial charge in [-0.15, -0.1) is 11.3 Å². The van der Waals surface area contributed by atoms with Gasteiger partial charge in [-0.3, -0.25) is 4.79 Å². The maximum Gasteiger partial charge on any atom is 0.220 e. The summed E-state index contributed by atoms with van der Waals surface area (Å²) in [7, 11) is 0. The first-order valence-corrected chi connectivity index (χ1v) is 10.5. The number of benzene rings is 2. The lowest BCUT2D eigenvalue weighted by molar-refractivity contribution is -0.121. The second-order valence-electron chi connectivity index (χ2n) is 6.77. The molecule has 0 aliphatic carbocycles. The number of aryl methyl sites for hydroxylation is 2. The highest BCUT2D eigenvalue weighted by molar-refractivity contribution is 7.09. The molecule has 1 amide bonds. The number of thiazole rings is 1. The molecule has 0 atom stereocenters. The van der Waals surface area contributed by atoms with Crippen molar-refractivity contribution in [3.63, 3.8) is 0 Å². The summed E-state index contributed by atoms with van der Waals surface area (Å²) in [5, 5.41) is 6.14. The Kier molecular flexibility index (Phi) is 7.20. The van der Waals surface area contributed by atoms with Crippen LogP contribution in [0.5, 0.6) is 5.75 Å². The maximum absolute atomic E-state index is 12.0. The predicted molar refractivity (Wildman–Crippen MR) is 115 cm³/mol.